The number of fused-ring (bicyclic) bond motifs is 1. The van der Waals surface area contributed by atoms with Crippen LogP contribution in [0, 0.1) is 5.92 Å². The number of ether oxygens (including phenoxy) is 1. The van der Waals surface area contributed by atoms with Crippen molar-refractivity contribution in [2.45, 2.75) is 32.3 Å². The van der Waals surface area contributed by atoms with Crippen molar-refractivity contribution in [3.63, 3.8) is 0 Å². The maximum Gasteiger partial charge on any atom is 0.272 e. The van der Waals surface area contributed by atoms with Crippen molar-refractivity contribution in [3.8, 4) is 0 Å². The third-order valence-electron chi connectivity index (χ3n) is 5.60. The summed E-state index contributed by atoms with van der Waals surface area (Å²) >= 11 is 6.12. The third kappa shape index (κ3) is 4.60. The lowest BCUT2D eigenvalue weighted by atomic mass is 9.91. The summed E-state index contributed by atoms with van der Waals surface area (Å²) < 4.78 is 5.42. The molecule has 2 aliphatic heterocycles. The summed E-state index contributed by atoms with van der Waals surface area (Å²) in [7, 11) is 0. The first kappa shape index (κ1) is 20.3. The van der Waals surface area contributed by atoms with E-state index >= 15 is 0 Å². The molecule has 1 amide bonds. The highest BCUT2D eigenvalue weighted by Crippen LogP contribution is 2.27. The Morgan fingerprint density at radius 3 is 2.62 bits per heavy atom. The van der Waals surface area contributed by atoms with Gasteiger partial charge in [-0.25, -0.2) is 9.97 Å². The number of aliphatic hydroxyl groups excluding tert-OH is 1. The van der Waals surface area contributed by atoms with E-state index in [2.05, 4.69) is 19.9 Å². The molecule has 2 aromatic rings. The zero-order valence-electron chi connectivity index (χ0n) is 16.6. The zero-order valence-corrected chi connectivity index (χ0v) is 17.3. The van der Waals surface area contributed by atoms with Gasteiger partial charge in [0.2, 0.25) is 5.28 Å². The first-order chi connectivity index (χ1) is 14.0. The van der Waals surface area contributed by atoms with Gasteiger partial charge < -0.3 is 19.6 Å². The van der Waals surface area contributed by atoms with E-state index in [9.17, 15) is 9.90 Å². The molecule has 9 heteroatoms. The number of halogens is 1. The summed E-state index contributed by atoms with van der Waals surface area (Å²) in [5, 5.41) is 9.75. The number of pyridine rings is 1. The van der Waals surface area contributed by atoms with Crippen molar-refractivity contribution in [2.24, 2.45) is 5.92 Å². The molecule has 0 aliphatic carbocycles. The van der Waals surface area contributed by atoms with Gasteiger partial charge in [0.05, 0.1) is 24.8 Å². The summed E-state index contributed by atoms with van der Waals surface area (Å²) in [5.74, 6) is 1.03. The van der Waals surface area contributed by atoms with E-state index in [1.54, 1.807) is 12.1 Å². The molecular weight excluding hydrogens is 394 g/mol. The number of amides is 1. The highest BCUT2D eigenvalue weighted by atomic mass is 35.5. The smallest absolute Gasteiger partial charge is 0.272 e. The molecule has 0 radical (unpaired) electrons. The average molecular weight is 420 g/mol. The summed E-state index contributed by atoms with van der Waals surface area (Å²) in [5.41, 5.74) is 1.61. The minimum Gasteiger partial charge on any atom is -0.393 e. The maximum absolute atomic E-state index is 13.0. The molecule has 0 spiro atoms. The Labute approximate surface area is 174 Å². The Kier molecular flexibility index (Phi) is 6.12. The van der Waals surface area contributed by atoms with Gasteiger partial charge in [-0.3, -0.25) is 4.79 Å². The van der Waals surface area contributed by atoms with E-state index in [-0.39, 0.29) is 17.3 Å². The van der Waals surface area contributed by atoms with Gasteiger partial charge in [0.1, 0.15) is 11.2 Å². The van der Waals surface area contributed by atoms with Crippen LogP contribution in [0.1, 0.15) is 36.7 Å². The van der Waals surface area contributed by atoms with Crippen LogP contribution >= 0.6 is 11.6 Å². The van der Waals surface area contributed by atoms with Gasteiger partial charge in [-0.15, -0.1) is 0 Å². The molecule has 2 aliphatic rings. The highest BCUT2D eigenvalue weighted by Gasteiger charge is 2.26. The quantitative estimate of drug-likeness (QED) is 0.759. The summed E-state index contributed by atoms with van der Waals surface area (Å²) in [6, 6.07) is 3.49. The lowest BCUT2D eigenvalue weighted by molar-refractivity contribution is 0.0649. The van der Waals surface area contributed by atoms with Crippen LogP contribution < -0.4 is 4.90 Å². The number of piperidine rings is 1. The van der Waals surface area contributed by atoms with E-state index in [1.165, 1.54) is 0 Å². The van der Waals surface area contributed by atoms with Crippen LogP contribution in [0.4, 0.5) is 5.82 Å². The Balaban J connectivity index is 1.56. The van der Waals surface area contributed by atoms with Crippen LogP contribution in [-0.2, 0) is 4.74 Å². The second kappa shape index (κ2) is 8.77. The molecule has 4 heterocycles. The fourth-order valence-corrected chi connectivity index (χ4v) is 4.27. The minimum atomic E-state index is -0.296. The number of likely N-dealkylation sites (tertiary alicyclic amines) is 1. The van der Waals surface area contributed by atoms with Crippen molar-refractivity contribution in [2.75, 3.05) is 44.3 Å². The first-order valence-corrected chi connectivity index (χ1v) is 10.5. The van der Waals surface area contributed by atoms with Crippen LogP contribution in [0.15, 0.2) is 12.1 Å². The third-order valence-corrected chi connectivity index (χ3v) is 5.77. The summed E-state index contributed by atoms with van der Waals surface area (Å²) in [6.45, 7) is 5.80. The van der Waals surface area contributed by atoms with Crippen LogP contribution in [0.3, 0.4) is 0 Å². The molecule has 0 saturated carbocycles. The minimum absolute atomic E-state index is 0.0784. The average Bonchev–Trinajstić information content (AvgIpc) is 2.73. The van der Waals surface area contributed by atoms with Crippen molar-refractivity contribution in [3.05, 3.63) is 23.1 Å². The number of carbonyl (C=O) groups is 1. The lowest BCUT2D eigenvalue weighted by Crippen LogP contribution is -2.39. The molecule has 1 unspecified atom stereocenters. The van der Waals surface area contributed by atoms with Crippen molar-refractivity contribution in [1.29, 1.82) is 0 Å². The Morgan fingerprint density at radius 2 is 1.93 bits per heavy atom. The number of hydrogen-bond donors (Lipinski definition) is 1. The van der Waals surface area contributed by atoms with Gasteiger partial charge in [0.15, 0.2) is 5.82 Å². The molecular formula is C20H26ClN5O3. The standard InChI is InChI=1S/C20H26ClN5O3/c1-13(27)12-14-4-6-26(7-5-14)19(28)16-3-2-15-17(22-16)18(24-20(21)23-15)25-8-10-29-11-9-25/h2-3,13-14,27H,4-12H2,1H3. The normalized spacial score (nSPS) is 19.6. The number of nitrogens with zero attached hydrogens (tertiary/aromatic N) is 5. The molecule has 1 N–H and O–H groups in total. The number of aliphatic hydroxyl groups is 1. The molecule has 2 saturated heterocycles. The topological polar surface area (TPSA) is 91.7 Å². The number of anilines is 1. The SMILES string of the molecule is CC(O)CC1CCN(C(=O)c2ccc3nc(Cl)nc(N4CCOCC4)c3n2)CC1. The fourth-order valence-electron chi connectivity index (χ4n) is 4.10. The zero-order chi connectivity index (χ0) is 20.4. The maximum atomic E-state index is 13.0. The molecule has 8 nitrogen and oxygen atoms in total. The van der Waals surface area contributed by atoms with Crippen LogP contribution in [0.5, 0.6) is 0 Å². The van der Waals surface area contributed by atoms with E-state index in [0.717, 1.165) is 19.3 Å². The van der Waals surface area contributed by atoms with E-state index in [4.69, 9.17) is 16.3 Å². The molecule has 2 aromatic heterocycles. The van der Waals surface area contributed by atoms with Gasteiger partial charge in [0.25, 0.3) is 5.91 Å². The number of morpholine rings is 1. The van der Waals surface area contributed by atoms with Gasteiger partial charge in [-0.05, 0) is 55.8 Å². The Morgan fingerprint density at radius 1 is 1.21 bits per heavy atom. The van der Waals surface area contributed by atoms with Crippen LogP contribution in [0.2, 0.25) is 5.28 Å². The molecule has 156 valence electrons. The van der Waals surface area contributed by atoms with Crippen molar-refractivity contribution < 1.29 is 14.6 Å². The number of rotatable bonds is 4. The molecule has 0 bridgehead atoms. The largest absolute Gasteiger partial charge is 0.393 e. The van der Waals surface area contributed by atoms with Gasteiger partial charge in [0, 0.05) is 26.2 Å². The van der Waals surface area contributed by atoms with E-state index < -0.39 is 0 Å². The predicted octanol–water partition coefficient (Wildman–Crippen LogP) is 2.14. The predicted molar refractivity (Wildman–Crippen MR) is 110 cm³/mol. The van der Waals surface area contributed by atoms with Gasteiger partial charge in [-0.1, -0.05) is 0 Å². The van der Waals surface area contributed by atoms with Gasteiger partial charge >= 0.3 is 0 Å². The second-order valence-corrected chi connectivity index (χ2v) is 8.14. The second-order valence-electron chi connectivity index (χ2n) is 7.80. The molecule has 29 heavy (non-hydrogen) atoms. The fraction of sp³-hybridized carbons (Fsp3) is 0.600. The summed E-state index contributed by atoms with van der Waals surface area (Å²) in [4.78, 5) is 30.2. The van der Waals surface area contributed by atoms with E-state index in [0.29, 0.717) is 67.9 Å². The Hall–Kier alpha value is -2.03. The van der Waals surface area contributed by atoms with Crippen LogP contribution in [-0.4, -0.2) is 76.4 Å². The molecule has 1 atom stereocenters. The van der Waals surface area contributed by atoms with Crippen molar-refractivity contribution >= 4 is 34.4 Å². The molecule has 4 rings (SSSR count). The highest BCUT2D eigenvalue weighted by molar-refractivity contribution is 6.28. The summed E-state index contributed by atoms with van der Waals surface area (Å²) in [6.07, 6.45) is 2.30. The van der Waals surface area contributed by atoms with Crippen LogP contribution in [0.25, 0.3) is 11.0 Å². The Bertz CT molecular complexity index is 880. The molecule has 0 aromatic carbocycles. The number of hydrogen-bond acceptors (Lipinski definition) is 7. The lowest BCUT2D eigenvalue weighted by Gasteiger charge is -2.32. The first-order valence-electron chi connectivity index (χ1n) is 10.2. The number of aromatic nitrogens is 3. The van der Waals surface area contributed by atoms with Crippen molar-refractivity contribution in [1.82, 2.24) is 19.9 Å². The number of carbonyl (C=O) groups excluding carboxylic acids is 1. The van der Waals surface area contributed by atoms with Gasteiger partial charge in [-0.2, -0.15) is 4.98 Å². The molecule has 2 fully saturated rings. The van der Waals surface area contributed by atoms with E-state index in [1.807, 2.05) is 11.8 Å². The monoisotopic (exact) mass is 419 g/mol.